The number of hydrogen-bond donors (Lipinski definition) is 0. The normalized spacial score (nSPS) is 29.9. The molecule has 0 N–H and O–H groups in total. The Bertz CT molecular complexity index is 265. The van der Waals surface area contributed by atoms with Crippen LogP contribution in [0.5, 0.6) is 0 Å². The molecule has 0 bridgehead atoms. The predicted octanol–water partition coefficient (Wildman–Crippen LogP) is 6.22. The van der Waals surface area contributed by atoms with Gasteiger partial charge in [0.05, 0.1) is 0 Å². The van der Waals surface area contributed by atoms with E-state index >= 15 is 0 Å². The van der Waals surface area contributed by atoms with Crippen LogP contribution in [-0.2, 0) is 0 Å². The van der Waals surface area contributed by atoms with Crippen molar-refractivity contribution in [2.75, 3.05) is 0 Å². The average molecular weight is 250 g/mol. The Kier molecular flexibility index (Phi) is 5.95. The Labute approximate surface area is 115 Å². The molecule has 1 aliphatic rings. The highest BCUT2D eigenvalue weighted by molar-refractivity contribution is 5.17. The molecule has 1 rings (SSSR count). The molecule has 106 valence electrons. The van der Waals surface area contributed by atoms with Crippen LogP contribution >= 0.6 is 0 Å². The second-order valence-electron chi connectivity index (χ2n) is 6.97. The molecule has 0 aromatic rings. The summed E-state index contributed by atoms with van der Waals surface area (Å²) in [7, 11) is 0. The summed E-state index contributed by atoms with van der Waals surface area (Å²) in [6.07, 6.45) is 9.77. The van der Waals surface area contributed by atoms with Crippen molar-refractivity contribution in [3.8, 4) is 0 Å². The number of allylic oxidation sites excluding steroid dienone is 1. The first-order valence-corrected chi connectivity index (χ1v) is 8.12. The smallest absolute Gasteiger partial charge is 0.0146 e. The SMILES string of the molecule is C=C(C)C1CC1(CC)CC(C)C(C)CCCCC. The molecule has 0 spiro atoms. The van der Waals surface area contributed by atoms with Crippen molar-refractivity contribution < 1.29 is 0 Å². The van der Waals surface area contributed by atoms with E-state index in [1.807, 2.05) is 0 Å². The van der Waals surface area contributed by atoms with Gasteiger partial charge in [0.25, 0.3) is 0 Å². The number of unbranched alkanes of at least 4 members (excludes halogenated alkanes) is 2. The summed E-state index contributed by atoms with van der Waals surface area (Å²) in [5.41, 5.74) is 2.05. The van der Waals surface area contributed by atoms with E-state index in [2.05, 4.69) is 41.2 Å². The molecule has 4 unspecified atom stereocenters. The topological polar surface area (TPSA) is 0 Å². The molecule has 0 aromatic carbocycles. The zero-order valence-corrected chi connectivity index (χ0v) is 13.4. The van der Waals surface area contributed by atoms with Crippen LogP contribution in [0.1, 0.15) is 79.6 Å². The van der Waals surface area contributed by atoms with E-state index in [0.717, 1.165) is 17.8 Å². The second-order valence-corrected chi connectivity index (χ2v) is 6.97. The van der Waals surface area contributed by atoms with Gasteiger partial charge in [0.15, 0.2) is 0 Å². The van der Waals surface area contributed by atoms with Gasteiger partial charge in [-0.1, -0.05) is 65.5 Å². The van der Waals surface area contributed by atoms with Crippen molar-refractivity contribution in [1.82, 2.24) is 0 Å². The number of hydrogen-bond acceptors (Lipinski definition) is 0. The van der Waals surface area contributed by atoms with E-state index in [1.54, 1.807) is 0 Å². The lowest BCUT2D eigenvalue weighted by Crippen LogP contribution is -2.15. The quantitative estimate of drug-likeness (QED) is 0.336. The Morgan fingerprint density at radius 3 is 2.33 bits per heavy atom. The lowest BCUT2D eigenvalue weighted by atomic mass is 9.80. The summed E-state index contributed by atoms with van der Waals surface area (Å²) in [6.45, 7) is 16.0. The third-order valence-electron chi connectivity index (χ3n) is 5.45. The summed E-state index contributed by atoms with van der Waals surface area (Å²) in [4.78, 5) is 0. The first-order chi connectivity index (χ1) is 8.46. The van der Waals surface area contributed by atoms with Gasteiger partial charge in [-0.05, 0) is 49.4 Å². The molecule has 0 saturated heterocycles. The maximum atomic E-state index is 4.17. The highest BCUT2D eigenvalue weighted by atomic mass is 14.6. The molecule has 0 aromatic heterocycles. The fourth-order valence-electron chi connectivity index (χ4n) is 3.65. The lowest BCUT2D eigenvalue weighted by Gasteiger charge is -2.25. The van der Waals surface area contributed by atoms with Gasteiger partial charge in [-0.25, -0.2) is 0 Å². The molecule has 0 nitrogen and oxygen atoms in total. The standard InChI is InChI=1S/C18H34/c1-7-9-10-11-15(5)16(6)12-18(8-2)13-17(18)14(3)4/h15-17H,3,7-13H2,1-2,4-6H3. The molecule has 1 fully saturated rings. The lowest BCUT2D eigenvalue weighted by molar-refractivity contribution is 0.258. The van der Waals surface area contributed by atoms with Gasteiger partial charge >= 0.3 is 0 Å². The van der Waals surface area contributed by atoms with Crippen molar-refractivity contribution in [2.24, 2.45) is 23.2 Å². The molecule has 0 radical (unpaired) electrons. The fourth-order valence-corrected chi connectivity index (χ4v) is 3.65. The molecular formula is C18H34. The minimum Gasteiger partial charge on any atom is -0.0998 e. The van der Waals surface area contributed by atoms with Gasteiger partial charge in [0.2, 0.25) is 0 Å². The molecular weight excluding hydrogens is 216 g/mol. The fraction of sp³-hybridized carbons (Fsp3) is 0.889. The van der Waals surface area contributed by atoms with Crippen LogP contribution in [0.3, 0.4) is 0 Å². The zero-order chi connectivity index (χ0) is 13.8. The largest absolute Gasteiger partial charge is 0.0998 e. The molecule has 4 atom stereocenters. The highest BCUT2D eigenvalue weighted by Crippen LogP contribution is 2.62. The zero-order valence-electron chi connectivity index (χ0n) is 13.4. The summed E-state index contributed by atoms with van der Waals surface area (Å²) in [5.74, 6) is 2.60. The molecule has 0 aliphatic heterocycles. The van der Waals surface area contributed by atoms with Gasteiger partial charge < -0.3 is 0 Å². The van der Waals surface area contributed by atoms with Crippen molar-refractivity contribution in [3.05, 3.63) is 12.2 Å². The second kappa shape index (κ2) is 6.78. The average Bonchev–Trinajstić information content (AvgIpc) is 3.04. The van der Waals surface area contributed by atoms with Crippen molar-refractivity contribution in [2.45, 2.75) is 79.6 Å². The third-order valence-corrected chi connectivity index (χ3v) is 5.45. The third kappa shape index (κ3) is 3.87. The van der Waals surface area contributed by atoms with E-state index < -0.39 is 0 Å². The first kappa shape index (κ1) is 15.8. The van der Waals surface area contributed by atoms with E-state index in [4.69, 9.17) is 0 Å². The van der Waals surface area contributed by atoms with Crippen LogP contribution in [0, 0.1) is 23.2 Å². The van der Waals surface area contributed by atoms with Crippen LogP contribution in [0.25, 0.3) is 0 Å². The van der Waals surface area contributed by atoms with Crippen LogP contribution in [-0.4, -0.2) is 0 Å². The molecule has 0 amide bonds. The van der Waals surface area contributed by atoms with Crippen molar-refractivity contribution in [1.29, 1.82) is 0 Å². The minimum absolute atomic E-state index is 0.629. The van der Waals surface area contributed by atoms with E-state index in [-0.39, 0.29) is 0 Å². The van der Waals surface area contributed by atoms with Crippen LogP contribution < -0.4 is 0 Å². The summed E-state index contributed by atoms with van der Waals surface area (Å²) in [5, 5.41) is 0. The Balaban J connectivity index is 2.39. The van der Waals surface area contributed by atoms with E-state index in [9.17, 15) is 0 Å². The van der Waals surface area contributed by atoms with Crippen LogP contribution in [0.2, 0.25) is 0 Å². The van der Waals surface area contributed by atoms with Gasteiger partial charge in [-0.3, -0.25) is 0 Å². The minimum atomic E-state index is 0.629. The Morgan fingerprint density at radius 2 is 1.89 bits per heavy atom. The molecule has 1 aliphatic carbocycles. The molecule has 0 heterocycles. The maximum Gasteiger partial charge on any atom is -0.0146 e. The molecule has 0 heteroatoms. The maximum absolute atomic E-state index is 4.17. The van der Waals surface area contributed by atoms with Gasteiger partial charge in [-0.15, -0.1) is 0 Å². The number of rotatable bonds is 9. The summed E-state index contributed by atoms with van der Waals surface area (Å²) in [6, 6.07) is 0. The summed E-state index contributed by atoms with van der Waals surface area (Å²) >= 11 is 0. The van der Waals surface area contributed by atoms with E-state index in [0.29, 0.717) is 5.41 Å². The molecule has 18 heavy (non-hydrogen) atoms. The first-order valence-electron chi connectivity index (χ1n) is 8.12. The highest BCUT2D eigenvalue weighted by Gasteiger charge is 2.52. The Hall–Kier alpha value is -0.260. The van der Waals surface area contributed by atoms with Crippen LogP contribution in [0.15, 0.2) is 12.2 Å². The summed E-state index contributed by atoms with van der Waals surface area (Å²) < 4.78 is 0. The Morgan fingerprint density at radius 1 is 1.22 bits per heavy atom. The van der Waals surface area contributed by atoms with Crippen molar-refractivity contribution >= 4 is 0 Å². The monoisotopic (exact) mass is 250 g/mol. The van der Waals surface area contributed by atoms with Crippen molar-refractivity contribution in [3.63, 3.8) is 0 Å². The van der Waals surface area contributed by atoms with Gasteiger partial charge in [0.1, 0.15) is 0 Å². The van der Waals surface area contributed by atoms with Gasteiger partial charge in [-0.2, -0.15) is 0 Å². The molecule has 1 saturated carbocycles. The van der Waals surface area contributed by atoms with Gasteiger partial charge in [0, 0.05) is 0 Å². The predicted molar refractivity (Wildman–Crippen MR) is 82.7 cm³/mol. The van der Waals surface area contributed by atoms with Crippen LogP contribution in [0.4, 0.5) is 0 Å². The van der Waals surface area contributed by atoms with E-state index in [1.165, 1.54) is 50.5 Å².